The van der Waals surface area contributed by atoms with Crippen molar-refractivity contribution in [3.8, 4) is 0 Å². The summed E-state index contributed by atoms with van der Waals surface area (Å²) >= 11 is 0. The third kappa shape index (κ3) is 2.03. The summed E-state index contributed by atoms with van der Waals surface area (Å²) < 4.78 is 27.5. The summed E-state index contributed by atoms with van der Waals surface area (Å²) in [5, 5.41) is 0. The molecular weight excluding hydrogens is 210 g/mol. The van der Waals surface area contributed by atoms with Crippen LogP contribution in [0.3, 0.4) is 0 Å². The molecule has 0 amide bonds. The molecule has 0 aliphatic rings. The molecule has 0 saturated heterocycles. The second-order valence-corrected chi connectivity index (χ2v) is 3.89. The van der Waals surface area contributed by atoms with E-state index in [1.165, 1.54) is 32.9 Å². The molecule has 0 aliphatic heterocycles. The molecule has 1 rings (SSSR count). The highest BCUT2D eigenvalue weighted by Crippen LogP contribution is 2.37. The first kappa shape index (κ1) is 12.6. The van der Waals surface area contributed by atoms with Crippen LogP contribution < -0.4 is 0 Å². The fourth-order valence-electron chi connectivity index (χ4n) is 1.59. The van der Waals surface area contributed by atoms with Gasteiger partial charge in [0.1, 0.15) is 0 Å². The summed E-state index contributed by atoms with van der Waals surface area (Å²) in [5.41, 5.74) is 0.283. The van der Waals surface area contributed by atoms with Crippen LogP contribution in [0.1, 0.15) is 35.3 Å². The van der Waals surface area contributed by atoms with E-state index < -0.39 is 5.92 Å². The Morgan fingerprint density at radius 3 is 2.31 bits per heavy atom. The van der Waals surface area contributed by atoms with Crippen molar-refractivity contribution in [2.24, 2.45) is 0 Å². The number of benzene rings is 1. The Hall–Kier alpha value is -1.51. The molecule has 1 nitrogen and oxygen atoms in total. The Bertz CT molecular complexity index is 447. The van der Waals surface area contributed by atoms with Gasteiger partial charge in [-0.15, -0.1) is 0 Å². The second kappa shape index (κ2) is 4.16. The standard InChI is InChI=1S/C13H14F2O/c1-8(2)13(14,15)12-7-5-6-11(9(12)3)10(4)16/h5-7H,1H2,2-4H3. The van der Waals surface area contributed by atoms with Crippen LogP contribution in [0.2, 0.25) is 0 Å². The molecule has 1 aromatic carbocycles. The largest absolute Gasteiger partial charge is 0.295 e. The van der Waals surface area contributed by atoms with Crippen LogP contribution in [-0.4, -0.2) is 5.78 Å². The molecule has 0 atom stereocenters. The Labute approximate surface area is 93.8 Å². The molecule has 3 heteroatoms. The minimum absolute atomic E-state index is 0.146. The van der Waals surface area contributed by atoms with Crippen molar-refractivity contribution in [1.29, 1.82) is 0 Å². The lowest BCUT2D eigenvalue weighted by Gasteiger charge is -2.20. The van der Waals surface area contributed by atoms with Gasteiger partial charge in [0.25, 0.3) is 5.92 Å². The van der Waals surface area contributed by atoms with Crippen molar-refractivity contribution in [3.63, 3.8) is 0 Å². The normalized spacial score (nSPS) is 11.3. The first-order chi connectivity index (χ1) is 7.28. The van der Waals surface area contributed by atoms with E-state index in [0.717, 1.165) is 0 Å². The number of Topliss-reactive ketones (excluding diaryl/α,β-unsaturated/α-hetero) is 1. The lowest BCUT2D eigenvalue weighted by molar-refractivity contribution is 0.0378. The van der Waals surface area contributed by atoms with Gasteiger partial charge in [0.2, 0.25) is 0 Å². The van der Waals surface area contributed by atoms with Gasteiger partial charge in [0.05, 0.1) is 0 Å². The maximum absolute atomic E-state index is 13.8. The average molecular weight is 224 g/mol. The number of alkyl halides is 2. The summed E-state index contributed by atoms with van der Waals surface area (Å²) in [6.07, 6.45) is 0. The zero-order valence-corrected chi connectivity index (χ0v) is 9.60. The Morgan fingerprint density at radius 1 is 1.31 bits per heavy atom. The van der Waals surface area contributed by atoms with Gasteiger partial charge in [-0.25, -0.2) is 0 Å². The number of ketones is 1. The third-order valence-electron chi connectivity index (χ3n) is 2.59. The van der Waals surface area contributed by atoms with Crippen molar-refractivity contribution in [3.05, 3.63) is 47.0 Å². The summed E-state index contributed by atoms with van der Waals surface area (Å²) in [4.78, 5) is 11.2. The minimum atomic E-state index is -3.09. The molecule has 0 fully saturated rings. The minimum Gasteiger partial charge on any atom is -0.295 e. The van der Waals surface area contributed by atoms with Gasteiger partial charge in [0, 0.05) is 11.1 Å². The van der Waals surface area contributed by atoms with Crippen LogP contribution >= 0.6 is 0 Å². The Balaban J connectivity index is 3.42. The fourth-order valence-corrected chi connectivity index (χ4v) is 1.59. The summed E-state index contributed by atoms with van der Waals surface area (Å²) in [6, 6.07) is 4.35. The zero-order valence-electron chi connectivity index (χ0n) is 9.60. The van der Waals surface area contributed by atoms with Gasteiger partial charge in [-0.3, -0.25) is 4.79 Å². The molecule has 16 heavy (non-hydrogen) atoms. The van der Waals surface area contributed by atoms with Crippen molar-refractivity contribution in [2.75, 3.05) is 0 Å². The third-order valence-corrected chi connectivity index (χ3v) is 2.59. The highest BCUT2D eigenvalue weighted by Gasteiger charge is 2.34. The molecule has 0 aliphatic carbocycles. The number of carbonyl (C=O) groups is 1. The first-order valence-corrected chi connectivity index (χ1v) is 4.93. The number of hydrogen-bond acceptors (Lipinski definition) is 1. The average Bonchev–Trinajstić information content (AvgIpc) is 2.16. The van der Waals surface area contributed by atoms with Crippen molar-refractivity contribution in [2.45, 2.75) is 26.7 Å². The molecule has 0 saturated carbocycles. The molecule has 0 spiro atoms. The lowest BCUT2D eigenvalue weighted by atomic mass is 9.93. The van der Waals surface area contributed by atoms with Gasteiger partial charge in [-0.1, -0.05) is 24.8 Å². The first-order valence-electron chi connectivity index (χ1n) is 4.93. The number of hydrogen-bond donors (Lipinski definition) is 0. The van der Waals surface area contributed by atoms with Crippen molar-refractivity contribution in [1.82, 2.24) is 0 Å². The topological polar surface area (TPSA) is 17.1 Å². The molecule has 0 heterocycles. The van der Waals surface area contributed by atoms with E-state index in [4.69, 9.17) is 0 Å². The van der Waals surface area contributed by atoms with Crippen molar-refractivity contribution >= 4 is 5.78 Å². The van der Waals surface area contributed by atoms with Gasteiger partial charge in [0.15, 0.2) is 5.78 Å². The molecule has 0 radical (unpaired) electrons. The van der Waals surface area contributed by atoms with Crippen molar-refractivity contribution < 1.29 is 13.6 Å². The van der Waals surface area contributed by atoms with E-state index in [1.54, 1.807) is 6.07 Å². The molecule has 1 aromatic rings. The number of carbonyl (C=O) groups excluding carboxylic acids is 1. The van der Waals surface area contributed by atoms with Crippen LogP contribution in [0.4, 0.5) is 8.78 Å². The SMILES string of the molecule is C=C(C)C(F)(F)c1cccc(C(C)=O)c1C. The van der Waals surface area contributed by atoms with Crippen LogP contribution in [0.15, 0.2) is 30.4 Å². The van der Waals surface area contributed by atoms with Gasteiger partial charge < -0.3 is 0 Å². The fraction of sp³-hybridized carbons (Fsp3) is 0.308. The van der Waals surface area contributed by atoms with Crippen LogP contribution in [0, 0.1) is 6.92 Å². The Morgan fingerprint density at radius 2 is 1.88 bits per heavy atom. The van der Waals surface area contributed by atoms with Gasteiger partial charge >= 0.3 is 0 Å². The number of halogens is 2. The van der Waals surface area contributed by atoms with E-state index in [1.807, 2.05) is 0 Å². The highest BCUT2D eigenvalue weighted by molar-refractivity contribution is 5.95. The second-order valence-electron chi connectivity index (χ2n) is 3.89. The van der Waals surface area contributed by atoms with Crippen LogP contribution in [0.5, 0.6) is 0 Å². The lowest BCUT2D eigenvalue weighted by Crippen LogP contribution is -2.17. The summed E-state index contributed by atoms with van der Waals surface area (Å²) in [5.74, 6) is -3.30. The van der Waals surface area contributed by atoms with E-state index in [-0.39, 0.29) is 16.9 Å². The maximum Gasteiger partial charge on any atom is 0.294 e. The molecule has 0 bridgehead atoms. The molecular formula is C13H14F2O. The van der Waals surface area contributed by atoms with Gasteiger partial charge in [-0.2, -0.15) is 8.78 Å². The smallest absolute Gasteiger partial charge is 0.294 e. The van der Waals surface area contributed by atoms with Crippen LogP contribution in [-0.2, 0) is 5.92 Å². The predicted octanol–water partition coefficient (Wildman–Crippen LogP) is 3.87. The quantitative estimate of drug-likeness (QED) is 0.562. The van der Waals surface area contributed by atoms with Crippen LogP contribution in [0.25, 0.3) is 0 Å². The molecule has 0 N–H and O–H groups in total. The molecule has 0 aromatic heterocycles. The van der Waals surface area contributed by atoms with E-state index in [9.17, 15) is 13.6 Å². The van der Waals surface area contributed by atoms with E-state index in [2.05, 4.69) is 6.58 Å². The molecule has 0 unspecified atom stereocenters. The van der Waals surface area contributed by atoms with Gasteiger partial charge in [-0.05, 0) is 31.9 Å². The number of rotatable bonds is 3. The highest BCUT2D eigenvalue weighted by atomic mass is 19.3. The predicted molar refractivity (Wildman–Crippen MR) is 59.9 cm³/mol. The summed E-state index contributed by atoms with van der Waals surface area (Å²) in [7, 11) is 0. The molecule has 86 valence electrons. The summed E-state index contributed by atoms with van der Waals surface area (Å²) in [6.45, 7) is 7.46. The van der Waals surface area contributed by atoms with E-state index in [0.29, 0.717) is 11.1 Å². The van der Waals surface area contributed by atoms with E-state index >= 15 is 0 Å². The maximum atomic E-state index is 13.8. The Kier molecular flexibility index (Phi) is 3.27. The zero-order chi connectivity index (χ0) is 12.5. The number of allylic oxidation sites excluding steroid dienone is 1. The monoisotopic (exact) mass is 224 g/mol.